The highest BCUT2D eigenvalue weighted by Gasteiger charge is 2.27. The smallest absolute Gasteiger partial charge is 0.308 e. The van der Waals surface area contributed by atoms with Crippen molar-refractivity contribution in [3.05, 3.63) is 41.5 Å². The molecule has 6 nitrogen and oxygen atoms in total. The van der Waals surface area contributed by atoms with Crippen molar-refractivity contribution < 1.29 is 28.6 Å². The van der Waals surface area contributed by atoms with Gasteiger partial charge in [-0.1, -0.05) is 24.3 Å². The van der Waals surface area contributed by atoms with E-state index in [1.54, 1.807) is 25.1 Å². The molecule has 2 aromatic carbocycles. The minimum absolute atomic E-state index is 0.0922. The molecule has 0 bridgehead atoms. The molecule has 2 aromatic rings. The fourth-order valence-corrected chi connectivity index (χ4v) is 3.01. The Labute approximate surface area is 157 Å². The Balaban J connectivity index is 3.12. The van der Waals surface area contributed by atoms with Crippen LogP contribution < -0.4 is 14.2 Å². The molecule has 6 heteroatoms. The zero-order valence-electron chi connectivity index (χ0n) is 16.1. The first-order chi connectivity index (χ1) is 12.7. The maximum absolute atomic E-state index is 12.5. The molecule has 142 valence electrons. The molecule has 0 saturated heterocycles. The predicted molar refractivity (Wildman–Crippen MR) is 102 cm³/mol. The van der Waals surface area contributed by atoms with Crippen molar-refractivity contribution in [2.45, 2.75) is 34.1 Å². The highest BCUT2D eigenvalue weighted by Crippen LogP contribution is 2.46. The number of carbonyl (C=O) groups excluding carboxylic acids is 3. The van der Waals surface area contributed by atoms with E-state index in [1.807, 2.05) is 0 Å². The summed E-state index contributed by atoms with van der Waals surface area (Å²) in [4.78, 5) is 36.0. The van der Waals surface area contributed by atoms with E-state index in [4.69, 9.17) is 14.2 Å². The molecule has 0 aromatic heterocycles. The SMILES string of the molecule is C=C(C)Cc1c(C(C)=O)c(OC(C)=O)c2c(OC)cccc2c1OC(C)=O. The molecule has 0 radical (unpaired) electrons. The Hall–Kier alpha value is -3.15. The predicted octanol–water partition coefficient (Wildman–Crippen LogP) is 4.02. The monoisotopic (exact) mass is 370 g/mol. The van der Waals surface area contributed by atoms with E-state index in [0.29, 0.717) is 22.1 Å². The molecule has 0 amide bonds. The lowest BCUT2D eigenvalue weighted by molar-refractivity contribution is -0.133. The van der Waals surface area contributed by atoms with Gasteiger partial charge in [0.25, 0.3) is 0 Å². The number of fused-ring (bicyclic) bond motifs is 1. The number of ether oxygens (including phenoxy) is 3. The lowest BCUT2D eigenvalue weighted by Gasteiger charge is -2.21. The van der Waals surface area contributed by atoms with Gasteiger partial charge in [0.05, 0.1) is 18.1 Å². The van der Waals surface area contributed by atoms with Gasteiger partial charge in [-0.05, 0) is 26.3 Å². The summed E-state index contributed by atoms with van der Waals surface area (Å²) in [6.07, 6.45) is 0.277. The van der Waals surface area contributed by atoms with Crippen molar-refractivity contribution >= 4 is 28.5 Å². The quantitative estimate of drug-likeness (QED) is 0.331. The Morgan fingerprint density at radius 2 is 1.56 bits per heavy atom. The Bertz CT molecular complexity index is 955. The minimum Gasteiger partial charge on any atom is -0.496 e. The second-order valence-electron chi connectivity index (χ2n) is 6.27. The van der Waals surface area contributed by atoms with Crippen LogP contribution in [-0.2, 0) is 16.0 Å². The third-order valence-corrected chi connectivity index (χ3v) is 3.84. The second kappa shape index (κ2) is 8.03. The fraction of sp³-hybridized carbons (Fsp3) is 0.286. The van der Waals surface area contributed by atoms with E-state index in [1.165, 1.54) is 27.9 Å². The van der Waals surface area contributed by atoms with E-state index in [2.05, 4.69) is 6.58 Å². The largest absolute Gasteiger partial charge is 0.496 e. The normalized spacial score (nSPS) is 10.4. The summed E-state index contributed by atoms with van der Waals surface area (Å²) >= 11 is 0. The molecule has 0 aliphatic carbocycles. The van der Waals surface area contributed by atoms with E-state index < -0.39 is 11.9 Å². The van der Waals surface area contributed by atoms with Crippen molar-refractivity contribution in [3.63, 3.8) is 0 Å². The van der Waals surface area contributed by atoms with Gasteiger partial charge in [-0.15, -0.1) is 0 Å². The minimum atomic E-state index is -0.578. The topological polar surface area (TPSA) is 78.9 Å². The number of esters is 2. The summed E-state index contributed by atoms with van der Waals surface area (Å²) < 4.78 is 16.3. The highest BCUT2D eigenvalue weighted by molar-refractivity contribution is 6.11. The van der Waals surface area contributed by atoms with Crippen LogP contribution in [-0.4, -0.2) is 24.8 Å². The molecule has 2 rings (SSSR count). The molecule has 0 aliphatic rings. The van der Waals surface area contributed by atoms with Crippen molar-refractivity contribution in [2.24, 2.45) is 0 Å². The van der Waals surface area contributed by atoms with Crippen LogP contribution in [0.4, 0.5) is 0 Å². The summed E-state index contributed by atoms with van der Waals surface area (Å²) in [5, 5.41) is 0.893. The average molecular weight is 370 g/mol. The molecule has 0 saturated carbocycles. The van der Waals surface area contributed by atoms with Gasteiger partial charge in [0.2, 0.25) is 0 Å². The average Bonchev–Trinajstić information content (AvgIpc) is 2.55. The Kier molecular flexibility index (Phi) is 6.00. The van der Waals surface area contributed by atoms with E-state index in [9.17, 15) is 14.4 Å². The highest BCUT2D eigenvalue weighted by atomic mass is 16.5. The van der Waals surface area contributed by atoms with Gasteiger partial charge >= 0.3 is 11.9 Å². The molecule has 0 unspecified atom stereocenters. The van der Waals surface area contributed by atoms with Crippen molar-refractivity contribution in [1.82, 2.24) is 0 Å². The van der Waals surface area contributed by atoms with Crippen LogP contribution in [0.2, 0.25) is 0 Å². The molecule has 0 spiro atoms. The number of carbonyl (C=O) groups is 3. The van der Waals surface area contributed by atoms with Crippen molar-refractivity contribution in [1.29, 1.82) is 0 Å². The maximum Gasteiger partial charge on any atom is 0.308 e. The fourth-order valence-electron chi connectivity index (χ4n) is 3.01. The zero-order valence-corrected chi connectivity index (χ0v) is 16.1. The van der Waals surface area contributed by atoms with Crippen LogP contribution in [0.15, 0.2) is 30.4 Å². The van der Waals surface area contributed by atoms with Gasteiger partial charge in [-0.3, -0.25) is 14.4 Å². The Morgan fingerprint density at radius 3 is 2.04 bits per heavy atom. The number of ketones is 1. The van der Waals surface area contributed by atoms with Crippen molar-refractivity contribution in [2.75, 3.05) is 7.11 Å². The van der Waals surface area contributed by atoms with Gasteiger partial charge in [0.15, 0.2) is 11.5 Å². The number of methoxy groups -OCH3 is 1. The number of hydrogen-bond donors (Lipinski definition) is 0. The molecule has 0 atom stereocenters. The van der Waals surface area contributed by atoms with Gasteiger partial charge in [-0.2, -0.15) is 0 Å². The lowest BCUT2D eigenvalue weighted by atomic mass is 9.91. The van der Waals surface area contributed by atoms with Crippen LogP contribution in [0, 0.1) is 0 Å². The van der Waals surface area contributed by atoms with Crippen molar-refractivity contribution in [3.8, 4) is 17.2 Å². The molecule has 0 fully saturated rings. The molecule has 0 N–H and O–H groups in total. The number of rotatable bonds is 6. The molecule has 27 heavy (non-hydrogen) atoms. The molecular weight excluding hydrogens is 348 g/mol. The van der Waals surface area contributed by atoms with Gasteiger partial charge in [0, 0.05) is 24.8 Å². The first kappa shape index (κ1) is 20.2. The van der Waals surface area contributed by atoms with Gasteiger partial charge in [-0.25, -0.2) is 0 Å². The van der Waals surface area contributed by atoms with Gasteiger partial charge in [0.1, 0.15) is 11.5 Å². The van der Waals surface area contributed by atoms with Crippen LogP contribution in [0.3, 0.4) is 0 Å². The first-order valence-electron chi connectivity index (χ1n) is 8.35. The van der Waals surface area contributed by atoms with Crippen LogP contribution in [0.5, 0.6) is 17.2 Å². The standard InChI is InChI=1S/C21H22O6/c1-11(2)10-16-18(12(3)22)21(27-14(5)24)19-15(20(16)26-13(4)23)8-7-9-17(19)25-6/h7-9H,1,10H2,2-6H3. The number of benzene rings is 2. The number of hydrogen-bond acceptors (Lipinski definition) is 6. The Morgan fingerprint density at radius 1 is 0.963 bits per heavy atom. The van der Waals surface area contributed by atoms with Crippen LogP contribution >= 0.6 is 0 Å². The maximum atomic E-state index is 12.5. The first-order valence-corrected chi connectivity index (χ1v) is 8.35. The third-order valence-electron chi connectivity index (χ3n) is 3.84. The summed E-state index contributed by atoms with van der Waals surface area (Å²) in [5.74, 6) is -0.719. The van der Waals surface area contributed by atoms with E-state index >= 15 is 0 Å². The lowest BCUT2D eigenvalue weighted by Crippen LogP contribution is -2.13. The van der Waals surface area contributed by atoms with Crippen LogP contribution in [0.1, 0.15) is 43.6 Å². The molecule has 0 aliphatic heterocycles. The zero-order chi connectivity index (χ0) is 20.3. The second-order valence-corrected chi connectivity index (χ2v) is 6.27. The number of allylic oxidation sites excluding steroid dienone is 1. The van der Waals surface area contributed by atoms with Crippen LogP contribution in [0.25, 0.3) is 10.8 Å². The summed E-state index contributed by atoms with van der Waals surface area (Å²) in [5.41, 5.74) is 1.37. The van der Waals surface area contributed by atoms with E-state index in [-0.39, 0.29) is 29.3 Å². The summed E-state index contributed by atoms with van der Waals surface area (Å²) in [7, 11) is 1.47. The number of Topliss-reactive ketones (excluding diaryl/α,β-unsaturated/α-hetero) is 1. The van der Waals surface area contributed by atoms with Gasteiger partial charge < -0.3 is 14.2 Å². The third kappa shape index (κ3) is 4.16. The molecular formula is C21H22O6. The van der Waals surface area contributed by atoms with E-state index in [0.717, 1.165) is 5.57 Å². The molecule has 0 heterocycles. The summed E-state index contributed by atoms with van der Waals surface area (Å²) in [6, 6.07) is 5.12. The summed E-state index contributed by atoms with van der Waals surface area (Å²) in [6.45, 7) is 9.59.